The van der Waals surface area contributed by atoms with E-state index in [1.165, 1.54) is 5.56 Å². The van der Waals surface area contributed by atoms with Crippen LogP contribution in [0.4, 0.5) is 0 Å². The molecular weight excluding hydrogens is 296 g/mol. The Labute approximate surface area is 134 Å². The average Bonchev–Trinajstić information content (AvgIpc) is 2.90. The molecule has 0 aliphatic heterocycles. The molecule has 1 saturated carbocycles. The zero-order valence-electron chi connectivity index (χ0n) is 12.6. The molecule has 0 unspecified atom stereocenters. The molecule has 22 heavy (non-hydrogen) atoms. The largest absolute Gasteiger partial charge is 0.373 e. The number of nitrogens with zero attached hydrogens (tertiary/aromatic N) is 1. The van der Waals surface area contributed by atoms with E-state index < -0.39 is 0 Å². The van der Waals surface area contributed by atoms with Crippen molar-refractivity contribution in [2.75, 3.05) is 0 Å². The zero-order chi connectivity index (χ0) is 15.4. The summed E-state index contributed by atoms with van der Waals surface area (Å²) in [7, 11) is 0. The number of ether oxygens (including phenoxy) is 1. The van der Waals surface area contributed by atoms with Crippen LogP contribution in [0.5, 0.6) is 0 Å². The molecule has 1 aromatic carbocycles. The molecular formula is C17H20N2O2S. The molecule has 1 fully saturated rings. The first kappa shape index (κ1) is 15.2. The van der Waals surface area contributed by atoms with E-state index in [9.17, 15) is 4.79 Å². The highest BCUT2D eigenvalue weighted by Gasteiger charge is 2.35. The fraction of sp³-hybridized carbons (Fsp3) is 0.412. The zero-order valence-corrected chi connectivity index (χ0v) is 13.4. The molecule has 0 bridgehead atoms. The van der Waals surface area contributed by atoms with Crippen LogP contribution in [-0.4, -0.2) is 17.0 Å². The minimum atomic E-state index is 0.0917. The molecule has 4 nitrogen and oxygen atoms in total. The predicted octanol–water partition coefficient (Wildman–Crippen LogP) is 3.06. The average molecular weight is 316 g/mol. The second-order valence-electron chi connectivity index (χ2n) is 5.67. The summed E-state index contributed by atoms with van der Waals surface area (Å²) in [5, 5.41) is 3.00. The van der Waals surface area contributed by atoms with Crippen molar-refractivity contribution >= 4 is 17.2 Å². The first-order valence-electron chi connectivity index (χ1n) is 7.54. The fourth-order valence-corrected chi connectivity index (χ4v) is 3.23. The van der Waals surface area contributed by atoms with Gasteiger partial charge in [-0.2, -0.15) is 0 Å². The summed E-state index contributed by atoms with van der Waals surface area (Å²) in [4.78, 5) is 17.4. The van der Waals surface area contributed by atoms with Gasteiger partial charge in [0.1, 0.15) is 0 Å². The maximum atomic E-state index is 12.1. The summed E-state index contributed by atoms with van der Waals surface area (Å²) in [6, 6.07) is 10.1. The van der Waals surface area contributed by atoms with E-state index >= 15 is 0 Å². The van der Waals surface area contributed by atoms with Crippen molar-refractivity contribution in [1.29, 1.82) is 0 Å². The number of rotatable bonds is 6. The van der Waals surface area contributed by atoms with Crippen LogP contribution < -0.4 is 5.32 Å². The van der Waals surface area contributed by atoms with Crippen LogP contribution in [0.1, 0.15) is 29.0 Å². The Kier molecular flexibility index (Phi) is 4.85. The second kappa shape index (κ2) is 7.03. The van der Waals surface area contributed by atoms with Gasteiger partial charge in [0.15, 0.2) is 0 Å². The third kappa shape index (κ3) is 3.72. The number of amides is 1. The lowest BCUT2D eigenvalue weighted by Crippen LogP contribution is -2.42. The molecule has 3 rings (SSSR count). The molecule has 1 heterocycles. The van der Waals surface area contributed by atoms with Gasteiger partial charge in [-0.25, -0.2) is 4.98 Å². The third-order valence-electron chi connectivity index (χ3n) is 4.06. The van der Waals surface area contributed by atoms with Crippen LogP contribution in [0.25, 0.3) is 0 Å². The normalized spacial score (nSPS) is 20.4. The van der Waals surface area contributed by atoms with Gasteiger partial charge in [0.25, 0.3) is 0 Å². The Morgan fingerprint density at radius 3 is 2.82 bits per heavy atom. The summed E-state index contributed by atoms with van der Waals surface area (Å²) in [5.74, 6) is 0.223. The van der Waals surface area contributed by atoms with Crippen molar-refractivity contribution in [3.63, 3.8) is 0 Å². The molecule has 0 saturated heterocycles. The Morgan fingerprint density at radius 1 is 1.36 bits per heavy atom. The number of benzene rings is 1. The highest BCUT2D eigenvalue weighted by molar-refractivity contribution is 7.09. The molecule has 1 N–H and O–H groups in total. The van der Waals surface area contributed by atoms with Crippen LogP contribution in [-0.2, 0) is 22.7 Å². The Hall–Kier alpha value is -1.72. The Morgan fingerprint density at radius 2 is 2.14 bits per heavy atom. The van der Waals surface area contributed by atoms with Gasteiger partial charge in [-0.15, -0.1) is 11.3 Å². The highest BCUT2D eigenvalue weighted by atomic mass is 32.1. The smallest absolute Gasteiger partial charge is 0.223 e. The van der Waals surface area contributed by atoms with Gasteiger partial charge >= 0.3 is 0 Å². The van der Waals surface area contributed by atoms with Crippen LogP contribution >= 0.6 is 11.3 Å². The first-order chi connectivity index (χ1) is 10.7. The van der Waals surface area contributed by atoms with E-state index in [4.69, 9.17) is 4.74 Å². The minimum Gasteiger partial charge on any atom is -0.373 e. The Balaban J connectivity index is 1.36. The molecule has 1 aliphatic rings. The molecule has 2 aromatic rings. The topological polar surface area (TPSA) is 51.2 Å². The third-order valence-corrected chi connectivity index (χ3v) is 5.00. The lowest BCUT2D eigenvalue weighted by atomic mass is 9.81. The second-order valence-corrected chi connectivity index (χ2v) is 6.61. The monoisotopic (exact) mass is 316 g/mol. The Bertz CT molecular complexity index is 621. The summed E-state index contributed by atoms with van der Waals surface area (Å²) in [5.41, 5.74) is 3.99. The van der Waals surface area contributed by atoms with Crippen molar-refractivity contribution < 1.29 is 9.53 Å². The van der Waals surface area contributed by atoms with Gasteiger partial charge in [-0.1, -0.05) is 30.3 Å². The predicted molar refractivity (Wildman–Crippen MR) is 86.4 cm³/mol. The molecule has 116 valence electrons. The standard InChI is InChI=1S/C17H20N2O2S/c1-12-16(22-11-19-12)9-18-17(20)14-7-15(8-14)21-10-13-5-3-2-4-6-13/h2-6,11,14-15H,7-10H2,1H3,(H,18,20). The molecule has 0 spiro atoms. The van der Waals surface area contributed by atoms with E-state index in [1.807, 2.05) is 30.6 Å². The quantitative estimate of drug-likeness (QED) is 0.891. The van der Waals surface area contributed by atoms with Crippen LogP contribution in [0.15, 0.2) is 35.8 Å². The first-order valence-corrected chi connectivity index (χ1v) is 8.42. The van der Waals surface area contributed by atoms with Gasteiger partial charge < -0.3 is 10.1 Å². The summed E-state index contributed by atoms with van der Waals surface area (Å²) in [6.07, 6.45) is 1.85. The molecule has 1 aliphatic carbocycles. The maximum absolute atomic E-state index is 12.1. The summed E-state index contributed by atoms with van der Waals surface area (Å²) >= 11 is 1.58. The van der Waals surface area contributed by atoms with Crippen molar-refractivity contribution in [1.82, 2.24) is 10.3 Å². The van der Waals surface area contributed by atoms with Crippen molar-refractivity contribution in [3.8, 4) is 0 Å². The minimum absolute atomic E-state index is 0.0917. The van der Waals surface area contributed by atoms with Crippen molar-refractivity contribution in [2.24, 2.45) is 5.92 Å². The van der Waals surface area contributed by atoms with E-state index in [2.05, 4.69) is 22.4 Å². The molecule has 0 atom stereocenters. The van der Waals surface area contributed by atoms with E-state index in [0.29, 0.717) is 13.2 Å². The molecule has 1 aromatic heterocycles. The summed E-state index contributed by atoms with van der Waals surface area (Å²) in [6.45, 7) is 3.18. The van der Waals surface area contributed by atoms with Crippen LogP contribution in [0, 0.1) is 12.8 Å². The van der Waals surface area contributed by atoms with E-state index in [1.54, 1.807) is 11.3 Å². The number of nitrogens with one attached hydrogen (secondary N) is 1. The number of carbonyl (C=O) groups is 1. The highest BCUT2D eigenvalue weighted by Crippen LogP contribution is 2.31. The van der Waals surface area contributed by atoms with Gasteiger partial charge in [0, 0.05) is 10.8 Å². The van der Waals surface area contributed by atoms with Crippen molar-refractivity contribution in [2.45, 2.75) is 39.0 Å². The van der Waals surface area contributed by atoms with Crippen molar-refractivity contribution in [3.05, 3.63) is 52.0 Å². The summed E-state index contributed by atoms with van der Waals surface area (Å²) < 4.78 is 5.83. The number of aryl methyl sites for hydroxylation is 1. The number of thiazole rings is 1. The number of hydrogen-bond acceptors (Lipinski definition) is 4. The molecule has 1 amide bonds. The van der Waals surface area contributed by atoms with E-state index in [0.717, 1.165) is 23.4 Å². The fourth-order valence-electron chi connectivity index (χ4n) is 2.51. The SMILES string of the molecule is Cc1ncsc1CNC(=O)C1CC(OCc2ccccc2)C1. The molecule has 5 heteroatoms. The maximum Gasteiger partial charge on any atom is 0.223 e. The van der Waals surface area contributed by atoms with Gasteiger partial charge in [0.2, 0.25) is 5.91 Å². The number of hydrogen-bond donors (Lipinski definition) is 1. The van der Waals surface area contributed by atoms with Gasteiger partial charge in [-0.05, 0) is 25.3 Å². The molecule has 0 radical (unpaired) electrons. The number of aromatic nitrogens is 1. The van der Waals surface area contributed by atoms with Crippen LogP contribution in [0.2, 0.25) is 0 Å². The lowest BCUT2D eigenvalue weighted by Gasteiger charge is -2.34. The van der Waals surface area contributed by atoms with Crippen LogP contribution in [0.3, 0.4) is 0 Å². The lowest BCUT2D eigenvalue weighted by molar-refractivity contribution is -0.134. The van der Waals surface area contributed by atoms with E-state index in [-0.39, 0.29) is 17.9 Å². The van der Waals surface area contributed by atoms with Gasteiger partial charge in [-0.3, -0.25) is 4.79 Å². The van der Waals surface area contributed by atoms with Gasteiger partial charge in [0.05, 0.1) is 30.5 Å². The number of carbonyl (C=O) groups excluding carboxylic acids is 1.